The van der Waals surface area contributed by atoms with Gasteiger partial charge in [-0.15, -0.1) is 0 Å². The van der Waals surface area contributed by atoms with E-state index in [1.807, 2.05) is 0 Å². The third-order valence-corrected chi connectivity index (χ3v) is 6.33. The van der Waals surface area contributed by atoms with Crippen molar-refractivity contribution in [3.63, 3.8) is 0 Å². The van der Waals surface area contributed by atoms with Crippen LogP contribution in [0.4, 0.5) is 0 Å². The summed E-state index contributed by atoms with van der Waals surface area (Å²) in [5.74, 6) is 0.726. The normalized spacial score (nSPS) is 22.7. The molecule has 0 radical (unpaired) electrons. The minimum Gasteiger partial charge on any atom is -0.341 e. The molecule has 0 saturated carbocycles. The molecule has 0 aliphatic carbocycles. The van der Waals surface area contributed by atoms with Crippen LogP contribution in [0.2, 0.25) is 10.0 Å². The lowest BCUT2D eigenvalue weighted by Gasteiger charge is -2.19. The number of benzene rings is 1. The Morgan fingerprint density at radius 3 is 2.68 bits per heavy atom. The van der Waals surface area contributed by atoms with Crippen LogP contribution in [0.15, 0.2) is 12.1 Å². The Kier molecular flexibility index (Phi) is 3.23. The van der Waals surface area contributed by atoms with Crippen LogP contribution in [0.5, 0.6) is 0 Å². The number of imidazole rings is 1. The summed E-state index contributed by atoms with van der Waals surface area (Å²) >= 11 is 11.9. The van der Waals surface area contributed by atoms with Crippen LogP contribution in [0.1, 0.15) is 30.3 Å². The lowest BCUT2D eigenvalue weighted by molar-refractivity contribution is 0.540. The van der Waals surface area contributed by atoms with Crippen molar-refractivity contribution < 1.29 is 8.42 Å². The van der Waals surface area contributed by atoms with Crippen LogP contribution in [0.3, 0.4) is 0 Å². The van der Waals surface area contributed by atoms with Crippen molar-refractivity contribution in [3.05, 3.63) is 28.0 Å². The van der Waals surface area contributed by atoms with Gasteiger partial charge in [-0.05, 0) is 25.0 Å². The molecule has 1 saturated heterocycles. The largest absolute Gasteiger partial charge is 0.341 e. The maximum Gasteiger partial charge on any atom is 0.160 e. The van der Waals surface area contributed by atoms with E-state index in [2.05, 4.69) is 9.97 Å². The number of rotatable bonds is 1. The van der Waals surface area contributed by atoms with E-state index in [0.717, 1.165) is 12.8 Å². The summed E-state index contributed by atoms with van der Waals surface area (Å²) in [4.78, 5) is 7.41. The molecule has 1 aromatic carbocycles. The fourth-order valence-corrected chi connectivity index (χ4v) is 4.63. The third-order valence-electron chi connectivity index (χ3n) is 3.43. The van der Waals surface area contributed by atoms with Gasteiger partial charge in [0.05, 0.1) is 26.8 Å². The average Bonchev–Trinajstić information content (AvgIpc) is 2.71. The second-order valence-corrected chi connectivity index (χ2v) is 7.87. The molecule has 1 fully saturated rings. The van der Waals surface area contributed by atoms with Gasteiger partial charge in [-0.1, -0.05) is 29.6 Å². The predicted octanol–water partition coefficient (Wildman–Crippen LogP) is 3.51. The quantitative estimate of drug-likeness (QED) is 0.875. The second kappa shape index (κ2) is 4.65. The van der Waals surface area contributed by atoms with Gasteiger partial charge in [0, 0.05) is 0 Å². The van der Waals surface area contributed by atoms with Crippen molar-refractivity contribution in [1.29, 1.82) is 0 Å². The Morgan fingerprint density at radius 2 is 1.95 bits per heavy atom. The molecular weight excluding hydrogens is 307 g/mol. The zero-order chi connectivity index (χ0) is 13.6. The van der Waals surface area contributed by atoms with Crippen molar-refractivity contribution in [1.82, 2.24) is 9.97 Å². The minimum atomic E-state index is -3.10. The number of aromatic amines is 1. The summed E-state index contributed by atoms with van der Waals surface area (Å²) in [6.45, 7) is 0. The monoisotopic (exact) mass is 318 g/mol. The number of nitrogens with zero attached hydrogens (tertiary/aromatic N) is 1. The summed E-state index contributed by atoms with van der Waals surface area (Å²) in [5.41, 5.74) is 1.36. The van der Waals surface area contributed by atoms with Crippen molar-refractivity contribution in [2.24, 2.45) is 0 Å². The highest BCUT2D eigenvalue weighted by Crippen LogP contribution is 2.34. The Morgan fingerprint density at radius 1 is 1.21 bits per heavy atom. The number of fused-ring (bicyclic) bond motifs is 1. The zero-order valence-corrected chi connectivity index (χ0v) is 12.3. The van der Waals surface area contributed by atoms with Crippen LogP contribution >= 0.6 is 23.2 Å². The Hall–Kier alpha value is -0.780. The first-order chi connectivity index (χ1) is 8.97. The molecule has 1 unspecified atom stereocenters. The Balaban J connectivity index is 2.10. The van der Waals surface area contributed by atoms with Gasteiger partial charge in [0.1, 0.15) is 11.1 Å². The number of nitrogens with one attached hydrogen (secondary N) is 1. The van der Waals surface area contributed by atoms with E-state index in [1.54, 1.807) is 12.1 Å². The highest BCUT2D eigenvalue weighted by molar-refractivity contribution is 7.91. The lowest BCUT2D eigenvalue weighted by Crippen LogP contribution is -2.22. The molecule has 0 bridgehead atoms. The molecule has 1 aromatic heterocycles. The van der Waals surface area contributed by atoms with E-state index in [9.17, 15) is 8.42 Å². The molecule has 4 nitrogen and oxygen atoms in total. The van der Waals surface area contributed by atoms with Crippen molar-refractivity contribution in [3.8, 4) is 0 Å². The molecule has 0 spiro atoms. The van der Waals surface area contributed by atoms with Crippen LogP contribution in [0.25, 0.3) is 11.0 Å². The first-order valence-electron chi connectivity index (χ1n) is 6.03. The molecule has 1 aliphatic heterocycles. The fourth-order valence-electron chi connectivity index (χ4n) is 2.44. The topological polar surface area (TPSA) is 62.8 Å². The molecule has 3 rings (SSSR count). The van der Waals surface area contributed by atoms with Gasteiger partial charge < -0.3 is 4.98 Å². The van der Waals surface area contributed by atoms with Gasteiger partial charge >= 0.3 is 0 Å². The smallest absolute Gasteiger partial charge is 0.160 e. The molecular formula is C12H12Cl2N2O2S. The summed E-state index contributed by atoms with van der Waals surface area (Å²) in [7, 11) is -3.10. The Labute approximate surface area is 121 Å². The third kappa shape index (κ3) is 2.35. The summed E-state index contributed by atoms with van der Waals surface area (Å²) in [5, 5.41) is 0.306. The maximum absolute atomic E-state index is 12.1. The summed E-state index contributed by atoms with van der Waals surface area (Å²) in [6.07, 6.45) is 2.25. The molecule has 102 valence electrons. The highest BCUT2D eigenvalue weighted by atomic mass is 35.5. The zero-order valence-electron chi connectivity index (χ0n) is 9.99. The molecule has 19 heavy (non-hydrogen) atoms. The van der Waals surface area contributed by atoms with Crippen molar-refractivity contribution >= 4 is 44.1 Å². The molecule has 1 aliphatic rings. The van der Waals surface area contributed by atoms with Gasteiger partial charge in [0.15, 0.2) is 9.84 Å². The lowest BCUT2D eigenvalue weighted by atomic mass is 10.2. The number of H-pyrrole nitrogens is 1. The number of halogens is 2. The van der Waals surface area contributed by atoms with Gasteiger partial charge in [-0.25, -0.2) is 13.4 Å². The Bertz CT molecular complexity index is 701. The van der Waals surface area contributed by atoms with Gasteiger partial charge in [0.2, 0.25) is 0 Å². The predicted molar refractivity (Wildman–Crippen MR) is 76.5 cm³/mol. The van der Waals surface area contributed by atoms with Crippen molar-refractivity contribution in [2.45, 2.75) is 24.5 Å². The van der Waals surface area contributed by atoms with Crippen LogP contribution < -0.4 is 0 Å². The van der Waals surface area contributed by atoms with Crippen LogP contribution in [0, 0.1) is 0 Å². The van der Waals surface area contributed by atoms with Crippen LogP contribution in [-0.4, -0.2) is 24.1 Å². The number of hydrogen-bond acceptors (Lipinski definition) is 3. The second-order valence-electron chi connectivity index (χ2n) is 4.76. The van der Waals surface area contributed by atoms with E-state index in [4.69, 9.17) is 23.2 Å². The van der Waals surface area contributed by atoms with Gasteiger partial charge in [-0.2, -0.15) is 0 Å². The fraction of sp³-hybridized carbons (Fsp3) is 0.417. The standard InChI is InChI=1S/C12H12Cl2N2O2S/c13-7-5-9-10(6-8(7)14)16-12(15-9)11-3-1-2-4-19(11,17)18/h5-6,11H,1-4H2,(H,15,16). The summed E-state index contributed by atoms with van der Waals surface area (Å²) in [6, 6.07) is 3.32. The van der Waals surface area contributed by atoms with E-state index in [1.165, 1.54) is 0 Å². The molecule has 1 atom stereocenters. The number of sulfone groups is 1. The van der Waals surface area contributed by atoms with Gasteiger partial charge in [-0.3, -0.25) is 0 Å². The SMILES string of the molecule is O=S1(=O)CCCCC1c1nc2cc(Cl)c(Cl)cc2[nH]1. The van der Waals surface area contributed by atoms with E-state index in [-0.39, 0.29) is 5.75 Å². The minimum absolute atomic E-state index is 0.232. The summed E-state index contributed by atoms with van der Waals surface area (Å²) < 4.78 is 24.2. The first-order valence-corrected chi connectivity index (χ1v) is 8.51. The maximum atomic E-state index is 12.1. The molecule has 0 amide bonds. The van der Waals surface area contributed by atoms with E-state index < -0.39 is 15.1 Å². The molecule has 1 N–H and O–H groups in total. The molecule has 2 aromatic rings. The molecule has 7 heteroatoms. The van der Waals surface area contributed by atoms with Crippen molar-refractivity contribution in [2.75, 3.05) is 5.75 Å². The first kappa shape index (κ1) is 13.2. The number of aromatic nitrogens is 2. The highest BCUT2D eigenvalue weighted by Gasteiger charge is 2.32. The van der Waals surface area contributed by atoms with Crippen LogP contribution in [-0.2, 0) is 9.84 Å². The average molecular weight is 319 g/mol. The van der Waals surface area contributed by atoms with E-state index in [0.29, 0.717) is 33.3 Å². The van der Waals surface area contributed by atoms with Gasteiger partial charge in [0.25, 0.3) is 0 Å². The molecule has 2 heterocycles. The number of hydrogen-bond donors (Lipinski definition) is 1. The van der Waals surface area contributed by atoms with E-state index >= 15 is 0 Å².